The summed E-state index contributed by atoms with van der Waals surface area (Å²) in [4.78, 5) is 17.6. The van der Waals surface area contributed by atoms with Crippen LogP contribution in [0.15, 0.2) is 41.3 Å². The smallest absolute Gasteiger partial charge is 0.236 e. The van der Waals surface area contributed by atoms with Crippen molar-refractivity contribution in [1.82, 2.24) is 4.98 Å². The van der Waals surface area contributed by atoms with E-state index in [2.05, 4.69) is 10.3 Å². The number of thioether (sulfide) groups is 1. The van der Waals surface area contributed by atoms with Crippen LogP contribution in [0.2, 0.25) is 5.02 Å². The van der Waals surface area contributed by atoms with Crippen LogP contribution >= 0.6 is 34.7 Å². The molecule has 0 aliphatic carbocycles. The molecule has 0 fully saturated rings. The number of carbonyl (C=O) groups is 1. The Morgan fingerprint density at radius 3 is 2.68 bits per heavy atom. The number of benzene rings is 2. The zero-order valence-electron chi connectivity index (χ0n) is 13.5. The standard InChI is InChI=1S/C17H15ClN2O3S2/c1-22-11-7-13(23-2)16-14(8-11)25-17(20-16)19-15(21)9-24-12-5-3-10(18)4-6-12/h3-8H,9H2,1-2H3,(H,19,20,21). The monoisotopic (exact) mass is 394 g/mol. The Hall–Kier alpha value is -1.96. The molecule has 0 unspecified atom stereocenters. The lowest BCUT2D eigenvalue weighted by atomic mass is 10.3. The number of aromatic nitrogens is 1. The third kappa shape index (κ3) is 4.36. The van der Waals surface area contributed by atoms with Crippen LogP contribution in [0.25, 0.3) is 10.2 Å². The molecule has 130 valence electrons. The van der Waals surface area contributed by atoms with E-state index in [1.165, 1.54) is 23.1 Å². The summed E-state index contributed by atoms with van der Waals surface area (Å²) < 4.78 is 11.5. The number of nitrogens with zero attached hydrogens (tertiary/aromatic N) is 1. The number of hydrogen-bond acceptors (Lipinski definition) is 6. The van der Waals surface area contributed by atoms with Crippen LogP contribution in [0.4, 0.5) is 5.13 Å². The summed E-state index contributed by atoms with van der Waals surface area (Å²) in [6, 6.07) is 11.0. The van der Waals surface area contributed by atoms with E-state index >= 15 is 0 Å². The number of thiazole rings is 1. The lowest BCUT2D eigenvalue weighted by Gasteiger charge is -2.03. The van der Waals surface area contributed by atoms with E-state index in [0.29, 0.717) is 27.2 Å². The van der Waals surface area contributed by atoms with Crippen LogP contribution in [-0.4, -0.2) is 30.9 Å². The SMILES string of the molecule is COc1cc(OC)c2nc(NC(=O)CSc3ccc(Cl)cc3)sc2c1. The summed E-state index contributed by atoms with van der Waals surface area (Å²) in [5, 5.41) is 4.03. The normalized spacial score (nSPS) is 10.7. The maximum Gasteiger partial charge on any atom is 0.236 e. The van der Waals surface area contributed by atoms with Gasteiger partial charge in [-0.3, -0.25) is 4.79 Å². The summed E-state index contributed by atoms with van der Waals surface area (Å²) in [6.07, 6.45) is 0. The van der Waals surface area contributed by atoms with Gasteiger partial charge in [-0.05, 0) is 30.3 Å². The number of ether oxygens (including phenoxy) is 2. The molecule has 0 saturated heterocycles. The van der Waals surface area contributed by atoms with Crippen molar-refractivity contribution in [3.8, 4) is 11.5 Å². The van der Waals surface area contributed by atoms with Gasteiger partial charge in [0.25, 0.3) is 0 Å². The van der Waals surface area contributed by atoms with E-state index in [4.69, 9.17) is 21.1 Å². The molecule has 0 atom stereocenters. The molecule has 0 bridgehead atoms. The highest BCUT2D eigenvalue weighted by atomic mass is 35.5. The summed E-state index contributed by atoms with van der Waals surface area (Å²) in [7, 11) is 3.17. The highest BCUT2D eigenvalue weighted by Crippen LogP contribution is 2.36. The minimum atomic E-state index is -0.120. The van der Waals surface area contributed by atoms with Gasteiger partial charge in [0.1, 0.15) is 17.0 Å². The average molecular weight is 395 g/mol. The largest absolute Gasteiger partial charge is 0.497 e. The number of halogens is 1. The van der Waals surface area contributed by atoms with Crippen LogP contribution in [0.1, 0.15) is 0 Å². The summed E-state index contributed by atoms with van der Waals surface area (Å²) >= 11 is 8.67. The first-order valence-corrected chi connectivity index (χ1v) is 9.48. The van der Waals surface area contributed by atoms with Crippen molar-refractivity contribution in [3.05, 3.63) is 41.4 Å². The Balaban J connectivity index is 1.69. The van der Waals surface area contributed by atoms with Gasteiger partial charge in [-0.15, -0.1) is 11.8 Å². The zero-order chi connectivity index (χ0) is 17.8. The Kier molecular flexibility index (Phi) is 5.67. The third-order valence-electron chi connectivity index (χ3n) is 3.32. The Labute approximate surface area is 158 Å². The fourth-order valence-corrected chi connectivity index (χ4v) is 3.89. The molecule has 1 N–H and O–H groups in total. The topological polar surface area (TPSA) is 60.5 Å². The number of carbonyl (C=O) groups excluding carboxylic acids is 1. The van der Waals surface area contributed by atoms with Gasteiger partial charge in [-0.25, -0.2) is 4.98 Å². The van der Waals surface area contributed by atoms with Gasteiger partial charge < -0.3 is 14.8 Å². The van der Waals surface area contributed by atoms with Crippen molar-refractivity contribution in [2.24, 2.45) is 0 Å². The quantitative estimate of drug-likeness (QED) is 0.614. The molecule has 1 amide bonds. The summed E-state index contributed by atoms with van der Waals surface area (Å²) in [6.45, 7) is 0. The lowest BCUT2D eigenvalue weighted by molar-refractivity contribution is -0.113. The number of anilines is 1. The van der Waals surface area contributed by atoms with E-state index in [0.717, 1.165) is 9.60 Å². The van der Waals surface area contributed by atoms with Gasteiger partial charge in [0.05, 0.1) is 24.7 Å². The lowest BCUT2D eigenvalue weighted by Crippen LogP contribution is -2.13. The third-order valence-corrected chi connectivity index (χ3v) is 5.50. The molecule has 0 aliphatic heterocycles. The molecule has 1 heterocycles. The number of methoxy groups -OCH3 is 2. The predicted molar refractivity (Wildman–Crippen MR) is 104 cm³/mol. The van der Waals surface area contributed by atoms with Gasteiger partial charge in [0.15, 0.2) is 5.13 Å². The zero-order valence-corrected chi connectivity index (χ0v) is 15.9. The fraction of sp³-hybridized carbons (Fsp3) is 0.176. The predicted octanol–water partition coefficient (Wildman–Crippen LogP) is 4.70. The van der Waals surface area contributed by atoms with Crippen molar-refractivity contribution in [2.75, 3.05) is 25.3 Å². The fourth-order valence-electron chi connectivity index (χ4n) is 2.14. The highest BCUT2D eigenvalue weighted by molar-refractivity contribution is 8.00. The molecule has 1 aromatic heterocycles. The first kappa shape index (κ1) is 17.8. The van der Waals surface area contributed by atoms with Gasteiger partial charge >= 0.3 is 0 Å². The van der Waals surface area contributed by atoms with Crippen LogP contribution < -0.4 is 14.8 Å². The maximum absolute atomic E-state index is 12.2. The molecule has 25 heavy (non-hydrogen) atoms. The maximum atomic E-state index is 12.2. The summed E-state index contributed by atoms with van der Waals surface area (Å²) in [5.41, 5.74) is 0.703. The molecule has 3 aromatic rings. The molecule has 2 aromatic carbocycles. The van der Waals surface area contributed by atoms with E-state index < -0.39 is 0 Å². The number of fused-ring (bicyclic) bond motifs is 1. The number of nitrogens with one attached hydrogen (secondary N) is 1. The van der Waals surface area contributed by atoms with Gasteiger partial charge in [-0.1, -0.05) is 22.9 Å². The van der Waals surface area contributed by atoms with Crippen molar-refractivity contribution < 1.29 is 14.3 Å². The highest BCUT2D eigenvalue weighted by Gasteiger charge is 2.13. The van der Waals surface area contributed by atoms with Crippen LogP contribution in [0.3, 0.4) is 0 Å². The van der Waals surface area contributed by atoms with Gasteiger partial charge in [0, 0.05) is 16.0 Å². The average Bonchev–Trinajstić information content (AvgIpc) is 3.02. The molecule has 0 radical (unpaired) electrons. The number of hydrogen-bond donors (Lipinski definition) is 1. The molecule has 0 aliphatic rings. The first-order chi connectivity index (χ1) is 12.1. The molecule has 5 nitrogen and oxygen atoms in total. The Morgan fingerprint density at radius 2 is 2.00 bits per heavy atom. The minimum absolute atomic E-state index is 0.120. The molecule has 0 spiro atoms. The van der Waals surface area contributed by atoms with Crippen LogP contribution in [0, 0.1) is 0 Å². The van der Waals surface area contributed by atoms with E-state index in [9.17, 15) is 4.79 Å². The second kappa shape index (κ2) is 7.95. The van der Waals surface area contributed by atoms with Gasteiger partial charge in [-0.2, -0.15) is 0 Å². The molecule has 8 heteroatoms. The molecule has 0 saturated carbocycles. The molecule has 3 rings (SSSR count). The molecular weight excluding hydrogens is 380 g/mol. The Bertz CT molecular complexity index is 897. The Morgan fingerprint density at radius 1 is 1.24 bits per heavy atom. The van der Waals surface area contributed by atoms with Gasteiger partial charge in [0.2, 0.25) is 5.91 Å². The van der Waals surface area contributed by atoms with Crippen molar-refractivity contribution in [2.45, 2.75) is 4.90 Å². The van der Waals surface area contributed by atoms with Crippen molar-refractivity contribution in [1.29, 1.82) is 0 Å². The minimum Gasteiger partial charge on any atom is -0.497 e. The van der Waals surface area contributed by atoms with E-state index in [1.807, 2.05) is 18.2 Å². The van der Waals surface area contributed by atoms with Crippen molar-refractivity contribution >= 4 is 56.0 Å². The second-order valence-corrected chi connectivity index (χ2v) is 7.50. The molecular formula is C17H15ClN2O3S2. The first-order valence-electron chi connectivity index (χ1n) is 7.30. The van der Waals surface area contributed by atoms with Crippen molar-refractivity contribution in [3.63, 3.8) is 0 Å². The summed E-state index contributed by atoms with van der Waals surface area (Å²) in [5.74, 6) is 1.47. The number of rotatable bonds is 6. The van der Waals surface area contributed by atoms with Crippen LogP contribution in [0.5, 0.6) is 11.5 Å². The second-order valence-electron chi connectivity index (χ2n) is 4.99. The number of amides is 1. The van der Waals surface area contributed by atoms with E-state index in [1.54, 1.807) is 32.4 Å². The van der Waals surface area contributed by atoms with E-state index in [-0.39, 0.29) is 11.7 Å². The van der Waals surface area contributed by atoms with Crippen LogP contribution in [-0.2, 0) is 4.79 Å².